The minimum absolute atomic E-state index is 0.0759. The lowest BCUT2D eigenvalue weighted by Crippen LogP contribution is -2.58. The number of amides is 4. The van der Waals surface area contributed by atoms with Crippen molar-refractivity contribution >= 4 is 35.2 Å². The third-order valence-electron chi connectivity index (χ3n) is 10.5. The van der Waals surface area contributed by atoms with Crippen molar-refractivity contribution in [2.75, 3.05) is 13.7 Å². The fourth-order valence-corrected chi connectivity index (χ4v) is 7.39. The summed E-state index contributed by atoms with van der Waals surface area (Å²) < 4.78 is 5.34. The van der Waals surface area contributed by atoms with Crippen LogP contribution in [0.5, 0.6) is 5.75 Å². The van der Waals surface area contributed by atoms with Crippen molar-refractivity contribution < 1.29 is 29.0 Å². The van der Waals surface area contributed by atoms with Crippen LogP contribution < -0.4 is 20.7 Å². The van der Waals surface area contributed by atoms with Crippen LogP contribution in [0.1, 0.15) is 78.7 Å². The lowest BCUT2D eigenvalue weighted by atomic mass is 9.88. The van der Waals surface area contributed by atoms with Gasteiger partial charge < -0.3 is 30.7 Å². The number of allylic oxidation sites excluding steroid dienone is 1. The summed E-state index contributed by atoms with van der Waals surface area (Å²) in [6, 6.07) is 4.33. The number of thiazole rings is 1. The predicted octanol–water partition coefficient (Wildman–Crippen LogP) is 4.80. The molecule has 278 valence electrons. The Morgan fingerprint density at radius 1 is 1.12 bits per heavy atom. The molecule has 2 fully saturated rings. The number of urea groups is 1. The highest BCUT2D eigenvalue weighted by Gasteiger charge is 2.61. The summed E-state index contributed by atoms with van der Waals surface area (Å²) in [6.45, 7) is 8.05. The molecular weight excluding hydrogens is 685 g/mol. The Bertz CT molecular complexity index is 1800. The molecule has 1 saturated carbocycles. The van der Waals surface area contributed by atoms with Crippen LogP contribution in [0.4, 0.5) is 4.79 Å². The number of carbonyl (C=O) groups excluding carboxylic acids is 3. The topological polar surface area (TPSA) is 181 Å². The second-order valence-electron chi connectivity index (χ2n) is 15.1. The average molecular weight is 733 g/mol. The third-order valence-corrected chi connectivity index (χ3v) is 11.3. The Morgan fingerprint density at radius 3 is 2.54 bits per heavy atom. The fraction of sp³-hybridized carbons (Fsp3) is 0.541. The third kappa shape index (κ3) is 7.83. The molecule has 4 amide bonds. The number of benzene rings is 1. The number of nitrogens with zero attached hydrogens (tertiary/aromatic N) is 5. The first-order valence-electron chi connectivity index (χ1n) is 17.9. The zero-order valence-electron chi connectivity index (χ0n) is 30.3. The van der Waals surface area contributed by atoms with Crippen LogP contribution in [0, 0.1) is 11.3 Å². The maximum absolute atomic E-state index is 14.6. The van der Waals surface area contributed by atoms with E-state index >= 15 is 0 Å². The first-order chi connectivity index (χ1) is 24.8. The maximum Gasteiger partial charge on any atom is 0.330 e. The summed E-state index contributed by atoms with van der Waals surface area (Å²) in [5, 5.41) is 31.2. The molecule has 0 bridgehead atoms. The number of ether oxygens (including phenoxy) is 1. The standard InChI is InChI=1S/C37H48N8O6S/c1-22(36(2,3)4)39-35(50)40-27-12-10-8-6-7-9-11-24-20-37(24,34(48)49)41-31(46)28-19-25(21-44(28)33(27)47)45-42-29(23-13-15-26(51-5)16-14-23)30(43-45)32-38-17-18-52-32/h9,11,13-18,22,24-25,27-28H,6-8,10,12,19-21H2,1-5H3,(H,41,46)(H,48,49)(H2,39,40,50)/b11-9-/t22-,24-,25-,27+,28+,37-/m1/s1. The largest absolute Gasteiger partial charge is 0.497 e. The number of carboxylic acid groups (broad SMARTS) is 1. The van der Waals surface area contributed by atoms with Crippen molar-refractivity contribution in [2.24, 2.45) is 11.3 Å². The van der Waals surface area contributed by atoms with Gasteiger partial charge >= 0.3 is 12.0 Å². The van der Waals surface area contributed by atoms with Crippen LogP contribution in [0.25, 0.3) is 22.0 Å². The molecule has 4 N–H and O–H groups in total. The van der Waals surface area contributed by atoms with Gasteiger partial charge in [0.1, 0.15) is 39.8 Å². The summed E-state index contributed by atoms with van der Waals surface area (Å²) >= 11 is 1.42. The van der Waals surface area contributed by atoms with E-state index in [1.165, 1.54) is 21.0 Å². The van der Waals surface area contributed by atoms with Gasteiger partial charge in [-0.05, 0) is 62.3 Å². The highest BCUT2D eigenvalue weighted by atomic mass is 32.1. The predicted molar refractivity (Wildman–Crippen MR) is 195 cm³/mol. The summed E-state index contributed by atoms with van der Waals surface area (Å²) in [5.74, 6) is -1.73. The van der Waals surface area contributed by atoms with E-state index in [-0.39, 0.29) is 36.8 Å². The van der Waals surface area contributed by atoms with Crippen molar-refractivity contribution in [1.82, 2.24) is 40.8 Å². The fourth-order valence-electron chi connectivity index (χ4n) is 6.77. The SMILES string of the molecule is COc1ccc(-c2nn([C@@H]3C[C@H]4C(=O)N[C@]5(C(=O)O)C[C@H]5/C=C\CCCCC[C@H](NC(=O)N[C@H](C)C(C)(C)C)C(=O)N4C3)nc2-c2nccs2)cc1. The smallest absolute Gasteiger partial charge is 0.330 e. The molecule has 4 heterocycles. The monoisotopic (exact) mass is 732 g/mol. The van der Waals surface area contributed by atoms with Gasteiger partial charge in [-0.2, -0.15) is 9.90 Å². The number of fused-ring (bicyclic) bond motifs is 2. The summed E-state index contributed by atoms with van der Waals surface area (Å²) in [5.41, 5.74) is 0.281. The van der Waals surface area contributed by atoms with Crippen molar-refractivity contribution in [2.45, 2.75) is 102 Å². The summed E-state index contributed by atoms with van der Waals surface area (Å²) in [6.07, 6.45) is 9.45. The van der Waals surface area contributed by atoms with Crippen LogP contribution in [0.3, 0.4) is 0 Å². The van der Waals surface area contributed by atoms with Gasteiger partial charge in [0, 0.05) is 42.1 Å². The van der Waals surface area contributed by atoms with E-state index in [9.17, 15) is 24.3 Å². The highest BCUT2D eigenvalue weighted by Crippen LogP contribution is 2.46. The molecule has 6 atom stereocenters. The highest BCUT2D eigenvalue weighted by molar-refractivity contribution is 7.13. The maximum atomic E-state index is 14.6. The van der Waals surface area contributed by atoms with E-state index in [2.05, 4.69) is 20.9 Å². The van der Waals surface area contributed by atoms with Crippen molar-refractivity contribution in [1.29, 1.82) is 0 Å². The number of carboxylic acids is 1. The lowest BCUT2D eigenvalue weighted by Gasteiger charge is -2.31. The normalized spacial score (nSPS) is 26.5. The molecule has 2 aromatic heterocycles. The number of rotatable bonds is 7. The van der Waals surface area contributed by atoms with Crippen LogP contribution in [0.15, 0.2) is 48.0 Å². The van der Waals surface area contributed by atoms with E-state index in [1.54, 1.807) is 13.3 Å². The molecule has 0 unspecified atom stereocenters. The number of hydrogen-bond acceptors (Lipinski definition) is 9. The molecule has 2 aliphatic heterocycles. The average Bonchev–Trinajstić information content (AvgIpc) is 3.56. The molecular formula is C37H48N8O6S. The van der Waals surface area contributed by atoms with Gasteiger partial charge in [0.15, 0.2) is 0 Å². The number of carbonyl (C=O) groups is 4. The van der Waals surface area contributed by atoms with Gasteiger partial charge in [0.2, 0.25) is 11.8 Å². The van der Waals surface area contributed by atoms with Crippen molar-refractivity contribution in [3.63, 3.8) is 0 Å². The number of methoxy groups -OCH3 is 1. The van der Waals surface area contributed by atoms with Gasteiger partial charge in [-0.25, -0.2) is 14.6 Å². The zero-order valence-corrected chi connectivity index (χ0v) is 31.1. The number of aromatic nitrogens is 4. The Morgan fingerprint density at radius 2 is 1.87 bits per heavy atom. The van der Waals surface area contributed by atoms with Gasteiger partial charge in [-0.15, -0.1) is 16.4 Å². The quantitative estimate of drug-likeness (QED) is 0.248. The molecule has 3 aliphatic rings. The molecule has 14 nitrogen and oxygen atoms in total. The molecule has 1 aliphatic carbocycles. The van der Waals surface area contributed by atoms with E-state index < -0.39 is 47.5 Å². The minimum Gasteiger partial charge on any atom is -0.497 e. The Labute approximate surface area is 307 Å². The summed E-state index contributed by atoms with van der Waals surface area (Å²) in [4.78, 5) is 62.0. The number of aliphatic carboxylic acids is 1. The van der Waals surface area contributed by atoms with Gasteiger partial charge in [0.25, 0.3) is 0 Å². The molecule has 0 spiro atoms. The molecule has 0 radical (unpaired) electrons. The van der Waals surface area contributed by atoms with Crippen LogP contribution in [-0.2, 0) is 14.4 Å². The van der Waals surface area contributed by atoms with Gasteiger partial charge in [0.05, 0.1) is 13.2 Å². The Balaban J connectivity index is 1.34. The van der Waals surface area contributed by atoms with Crippen LogP contribution in [-0.4, -0.2) is 91.1 Å². The van der Waals surface area contributed by atoms with Crippen molar-refractivity contribution in [3.8, 4) is 27.7 Å². The number of hydrogen-bond donors (Lipinski definition) is 4. The first kappa shape index (κ1) is 37.0. The molecule has 52 heavy (non-hydrogen) atoms. The second-order valence-corrected chi connectivity index (χ2v) is 16.0. The lowest BCUT2D eigenvalue weighted by molar-refractivity contribution is -0.145. The first-order valence-corrected chi connectivity index (χ1v) is 18.8. The van der Waals surface area contributed by atoms with Crippen LogP contribution >= 0.6 is 11.3 Å². The minimum atomic E-state index is -1.44. The zero-order chi connectivity index (χ0) is 37.2. The van der Waals surface area contributed by atoms with E-state index in [0.717, 1.165) is 24.8 Å². The van der Waals surface area contributed by atoms with E-state index in [4.69, 9.17) is 14.9 Å². The van der Waals surface area contributed by atoms with E-state index in [0.29, 0.717) is 35.0 Å². The van der Waals surface area contributed by atoms with Gasteiger partial charge in [-0.3, -0.25) is 9.59 Å². The molecule has 1 saturated heterocycles. The second kappa shape index (κ2) is 15.1. The molecule has 6 rings (SSSR count). The Kier molecular flexibility index (Phi) is 10.7. The molecule has 3 aromatic rings. The van der Waals surface area contributed by atoms with Gasteiger partial charge in [-0.1, -0.05) is 45.8 Å². The molecule has 15 heteroatoms. The van der Waals surface area contributed by atoms with Crippen molar-refractivity contribution in [3.05, 3.63) is 48.0 Å². The van der Waals surface area contributed by atoms with E-state index in [1.807, 2.05) is 69.5 Å². The summed E-state index contributed by atoms with van der Waals surface area (Å²) in [7, 11) is 1.60. The van der Waals surface area contributed by atoms with Crippen LogP contribution in [0.2, 0.25) is 0 Å². The number of nitrogens with one attached hydrogen (secondary N) is 3. The molecule has 1 aromatic carbocycles. The Hall–Kier alpha value is -4.79.